The van der Waals surface area contributed by atoms with Gasteiger partial charge < -0.3 is 15.3 Å². The lowest BCUT2D eigenvalue weighted by molar-refractivity contribution is -0.137. The van der Waals surface area contributed by atoms with Crippen molar-refractivity contribution in [3.63, 3.8) is 0 Å². The maximum absolute atomic E-state index is 12.6. The number of unbranched alkanes of at least 4 members (excludes halogenated alkanes) is 2. The summed E-state index contributed by atoms with van der Waals surface area (Å²) in [6.45, 7) is 0.489. The lowest BCUT2D eigenvalue weighted by atomic mass is 10.1. The predicted molar refractivity (Wildman–Crippen MR) is 97.8 cm³/mol. The summed E-state index contributed by atoms with van der Waals surface area (Å²) in [5.41, 5.74) is 0.512. The number of nitrogens with one attached hydrogen (secondary N) is 1. The number of amides is 2. The Morgan fingerprint density at radius 3 is 2.60 bits per heavy atom. The molecular weight excluding hydrogens is 364 g/mol. The first-order chi connectivity index (χ1) is 12.0. The first kappa shape index (κ1) is 19.6. The molecule has 1 fully saturated rings. The van der Waals surface area contributed by atoms with Crippen molar-refractivity contribution >= 4 is 41.1 Å². The SMILES string of the molecule is O=C(O)CCCCCNC(=O)C1CSCN1C(=O)c1ccc(Cl)cc1. The Kier molecular flexibility index (Phi) is 7.58. The van der Waals surface area contributed by atoms with Gasteiger partial charge in [0.2, 0.25) is 5.91 Å². The van der Waals surface area contributed by atoms with Gasteiger partial charge in [-0.15, -0.1) is 11.8 Å². The lowest BCUT2D eigenvalue weighted by Gasteiger charge is -2.23. The Labute approximate surface area is 155 Å². The van der Waals surface area contributed by atoms with Crippen LogP contribution in [0.15, 0.2) is 24.3 Å². The number of hydrogen-bond acceptors (Lipinski definition) is 4. The van der Waals surface area contributed by atoms with Crippen molar-refractivity contribution in [1.29, 1.82) is 0 Å². The molecule has 1 saturated heterocycles. The molecule has 8 heteroatoms. The van der Waals surface area contributed by atoms with Gasteiger partial charge in [0, 0.05) is 29.3 Å². The second-order valence-corrected chi connectivity index (χ2v) is 7.23. The predicted octanol–water partition coefficient (Wildman–Crippen LogP) is 2.62. The van der Waals surface area contributed by atoms with Gasteiger partial charge in [0.05, 0.1) is 5.88 Å². The highest BCUT2D eigenvalue weighted by atomic mass is 35.5. The third-order valence-corrected chi connectivity index (χ3v) is 5.17. The van der Waals surface area contributed by atoms with E-state index in [0.717, 1.165) is 12.8 Å². The van der Waals surface area contributed by atoms with Crippen molar-refractivity contribution in [2.75, 3.05) is 18.2 Å². The number of rotatable bonds is 8. The Morgan fingerprint density at radius 2 is 1.92 bits per heavy atom. The fraction of sp³-hybridized carbons (Fsp3) is 0.471. The minimum Gasteiger partial charge on any atom is -0.481 e. The number of nitrogens with zero attached hydrogens (tertiary/aromatic N) is 1. The summed E-state index contributed by atoms with van der Waals surface area (Å²) < 4.78 is 0. The largest absolute Gasteiger partial charge is 0.481 e. The van der Waals surface area contributed by atoms with Crippen LogP contribution in [0.25, 0.3) is 0 Å². The molecule has 0 radical (unpaired) electrons. The maximum atomic E-state index is 12.6. The highest BCUT2D eigenvalue weighted by Gasteiger charge is 2.34. The lowest BCUT2D eigenvalue weighted by Crippen LogP contribution is -2.47. The van der Waals surface area contributed by atoms with Crippen LogP contribution in [0.2, 0.25) is 5.02 Å². The minimum atomic E-state index is -0.802. The number of carbonyl (C=O) groups excluding carboxylic acids is 2. The summed E-state index contributed by atoms with van der Waals surface area (Å²) in [5.74, 6) is -0.0836. The van der Waals surface area contributed by atoms with Crippen LogP contribution >= 0.6 is 23.4 Å². The summed E-state index contributed by atoms with van der Waals surface area (Å²) in [6.07, 6.45) is 2.23. The van der Waals surface area contributed by atoms with E-state index >= 15 is 0 Å². The average molecular weight is 385 g/mol. The molecule has 1 unspecified atom stereocenters. The van der Waals surface area contributed by atoms with Gasteiger partial charge in [0.1, 0.15) is 6.04 Å². The number of aliphatic carboxylic acids is 1. The van der Waals surface area contributed by atoms with E-state index in [-0.39, 0.29) is 18.2 Å². The third kappa shape index (κ3) is 5.93. The zero-order valence-electron chi connectivity index (χ0n) is 13.7. The molecule has 0 saturated carbocycles. The smallest absolute Gasteiger partial charge is 0.303 e. The van der Waals surface area contributed by atoms with Crippen molar-refractivity contribution in [2.24, 2.45) is 0 Å². The van der Waals surface area contributed by atoms with Crippen LogP contribution in [0.1, 0.15) is 36.0 Å². The molecule has 1 aromatic rings. The number of thioether (sulfide) groups is 1. The van der Waals surface area contributed by atoms with Crippen LogP contribution in [0.4, 0.5) is 0 Å². The van der Waals surface area contributed by atoms with Crippen molar-refractivity contribution in [3.05, 3.63) is 34.9 Å². The van der Waals surface area contributed by atoms with Gasteiger partial charge in [-0.05, 0) is 37.1 Å². The Hall–Kier alpha value is -1.73. The number of benzene rings is 1. The molecule has 2 N–H and O–H groups in total. The molecule has 0 aliphatic carbocycles. The van der Waals surface area contributed by atoms with Crippen LogP contribution in [0.3, 0.4) is 0 Å². The van der Waals surface area contributed by atoms with Crippen molar-refractivity contribution in [3.8, 4) is 0 Å². The molecule has 25 heavy (non-hydrogen) atoms. The molecule has 136 valence electrons. The number of carbonyl (C=O) groups is 3. The van der Waals surface area contributed by atoms with E-state index in [9.17, 15) is 14.4 Å². The zero-order chi connectivity index (χ0) is 18.2. The van der Waals surface area contributed by atoms with Gasteiger partial charge in [-0.2, -0.15) is 0 Å². The van der Waals surface area contributed by atoms with Crippen LogP contribution < -0.4 is 5.32 Å². The van der Waals surface area contributed by atoms with E-state index in [1.807, 2.05) is 0 Å². The van der Waals surface area contributed by atoms with E-state index in [2.05, 4.69) is 5.32 Å². The Bertz CT molecular complexity index is 624. The number of carboxylic acids is 1. The molecule has 2 rings (SSSR count). The van der Waals surface area contributed by atoms with Gasteiger partial charge in [-0.25, -0.2) is 0 Å². The topological polar surface area (TPSA) is 86.7 Å². The van der Waals surface area contributed by atoms with E-state index in [1.54, 1.807) is 40.9 Å². The second kappa shape index (κ2) is 9.68. The molecule has 1 heterocycles. The average Bonchev–Trinajstić information content (AvgIpc) is 3.07. The molecule has 0 spiro atoms. The monoisotopic (exact) mass is 384 g/mol. The van der Waals surface area contributed by atoms with Crippen LogP contribution in [-0.4, -0.2) is 52.0 Å². The van der Waals surface area contributed by atoms with E-state index in [1.165, 1.54) is 0 Å². The first-order valence-electron chi connectivity index (χ1n) is 8.13. The van der Waals surface area contributed by atoms with E-state index in [0.29, 0.717) is 35.2 Å². The molecule has 2 amide bonds. The molecule has 0 aromatic heterocycles. The molecule has 1 atom stereocenters. The summed E-state index contributed by atoms with van der Waals surface area (Å²) in [7, 11) is 0. The minimum absolute atomic E-state index is 0.149. The van der Waals surface area contributed by atoms with Gasteiger partial charge in [-0.1, -0.05) is 18.0 Å². The highest BCUT2D eigenvalue weighted by molar-refractivity contribution is 7.99. The van der Waals surface area contributed by atoms with E-state index in [4.69, 9.17) is 16.7 Å². The number of hydrogen-bond donors (Lipinski definition) is 2. The van der Waals surface area contributed by atoms with Crippen LogP contribution in [-0.2, 0) is 9.59 Å². The first-order valence-corrected chi connectivity index (χ1v) is 9.66. The number of halogens is 1. The molecule has 1 aliphatic rings. The summed E-state index contributed by atoms with van der Waals surface area (Å²) in [5, 5.41) is 12.0. The number of carboxylic acid groups (broad SMARTS) is 1. The zero-order valence-corrected chi connectivity index (χ0v) is 15.3. The van der Waals surface area contributed by atoms with Crippen molar-refractivity contribution in [1.82, 2.24) is 10.2 Å². The second-order valence-electron chi connectivity index (χ2n) is 5.79. The highest BCUT2D eigenvalue weighted by Crippen LogP contribution is 2.24. The Morgan fingerprint density at radius 1 is 1.20 bits per heavy atom. The summed E-state index contributed by atoms with van der Waals surface area (Å²) in [4.78, 5) is 36.9. The molecule has 1 aliphatic heterocycles. The van der Waals surface area contributed by atoms with Gasteiger partial charge in [-0.3, -0.25) is 14.4 Å². The molecule has 6 nitrogen and oxygen atoms in total. The van der Waals surface area contributed by atoms with E-state index < -0.39 is 12.0 Å². The third-order valence-electron chi connectivity index (χ3n) is 3.90. The van der Waals surface area contributed by atoms with Gasteiger partial charge in [0.15, 0.2) is 0 Å². The normalized spacial score (nSPS) is 16.7. The Balaban J connectivity index is 1.81. The van der Waals surface area contributed by atoms with Crippen LogP contribution in [0, 0.1) is 0 Å². The standard InChI is InChI=1S/C17H21ClN2O4S/c18-13-7-5-12(6-8-13)17(24)20-11-25-10-14(20)16(23)19-9-3-1-2-4-15(21)22/h5-8,14H,1-4,9-11H2,(H,19,23)(H,21,22). The fourth-order valence-electron chi connectivity index (χ4n) is 2.53. The summed E-state index contributed by atoms with van der Waals surface area (Å²) in [6, 6.07) is 6.15. The van der Waals surface area contributed by atoms with Crippen molar-refractivity contribution in [2.45, 2.75) is 31.7 Å². The van der Waals surface area contributed by atoms with Gasteiger partial charge in [0.25, 0.3) is 5.91 Å². The molecule has 1 aromatic carbocycles. The summed E-state index contributed by atoms with van der Waals surface area (Å²) >= 11 is 7.39. The van der Waals surface area contributed by atoms with Crippen molar-refractivity contribution < 1.29 is 19.5 Å². The maximum Gasteiger partial charge on any atom is 0.303 e. The fourth-order valence-corrected chi connectivity index (χ4v) is 3.81. The quantitative estimate of drug-likeness (QED) is 0.673. The molecule has 0 bridgehead atoms. The van der Waals surface area contributed by atoms with Gasteiger partial charge >= 0.3 is 5.97 Å². The molecular formula is C17H21ClN2O4S. The van der Waals surface area contributed by atoms with Crippen LogP contribution in [0.5, 0.6) is 0 Å².